The highest BCUT2D eigenvalue weighted by Gasteiger charge is 2.37. The van der Waals surface area contributed by atoms with Gasteiger partial charge in [0.05, 0.1) is 26.2 Å². The van der Waals surface area contributed by atoms with E-state index in [-0.39, 0.29) is 11.9 Å². The van der Waals surface area contributed by atoms with Crippen molar-refractivity contribution in [3.63, 3.8) is 0 Å². The minimum absolute atomic E-state index is 0.0538. The first-order valence-corrected chi connectivity index (χ1v) is 9.81. The highest BCUT2D eigenvalue weighted by atomic mass is 16.5. The van der Waals surface area contributed by atoms with Crippen LogP contribution in [0.5, 0.6) is 5.75 Å². The number of para-hydroxylation sites is 1. The summed E-state index contributed by atoms with van der Waals surface area (Å²) in [6.07, 6.45) is 3.03. The molecule has 1 aromatic heterocycles. The maximum Gasteiger partial charge on any atom is 0.328 e. The summed E-state index contributed by atoms with van der Waals surface area (Å²) >= 11 is 0. The zero-order valence-electron chi connectivity index (χ0n) is 17.3. The van der Waals surface area contributed by atoms with E-state index in [1.807, 2.05) is 38.1 Å². The lowest BCUT2D eigenvalue weighted by molar-refractivity contribution is -0.144. The number of aromatic amines is 1. The number of carbonyl (C=O) groups excluding carboxylic acids is 2. The maximum absolute atomic E-state index is 13.3. The largest absolute Gasteiger partial charge is 0.496 e. The van der Waals surface area contributed by atoms with Crippen LogP contribution in [-0.2, 0) is 16.0 Å². The Hall–Kier alpha value is -3.03. The van der Waals surface area contributed by atoms with Crippen molar-refractivity contribution in [2.75, 3.05) is 20.8 Å². The number of amides is 2. The van der Waals surface area contributed by atoms with Crippen molar-refractivity contribution >= 4 is 12.0 Å². The molecular formula is C21H28N4O4. The van der Waals surface area contributed by atoms with Crippen molar-refractivity contribution in [3.8, 4) is 5.75 Å². The van der Waals surface area contributed by atoms with Crippen LogP contribution in [0.15, 0.2) is 30.6 Å². The lowest BCUT2D eigenvalue weighted by Gasteiger charge is -2.37. The lowest BCUT2D eigenvalue weighted by atomic mass is 9.95. The molecule has 0 saturated carbocycles. The second kappa shape index (κ2) is 8.98. The molecule has 156 valence electrons. The number of esters is 1. The molecule has 0 unspecified atom stereocenters. The van der Waals surface area contributed by atoms with Crippen LogP contribution < -0.4 is 10.1 Å². The quantitative estimate of drug-likeness (QED) is 0.727. The van der Waals surface area contributed by atoms with Crippen LogP contribution >= 0.6 is 0 Å². The topological polar surface area (TPSA) is 96.5 Å². The number of ether oxygens (including phenoxy) is 2. The van der Waals surface area contributed by atoms with Crippen molar-refractivity contribution < 1.29 is 19.1 Å². The van der Waals surface area contributed by atoms with Gasteiger partial charge < -0.3 is 24.7 Å². The summed E-state index contributed by atoms with van der Waals surface area (Å²) in [6, 6.07) is 6.13. The minimum Gasteiger partial charge on any atom is -0.496 e. The monoisotopic (exact) mass is 400 g/mol. The predicted molar refractivity (Wildman–Crippen MR) is 108 cm³/mol. The molecule has 8 nitrogen and oxygen atoms in total. The summed E-state index contributed by atoms with van der Waals surface area (Å²) in [6.45, 7) is 4.38. The highest BCUT2D eigenvalue weighted by molar-refractivity contribution is 5.84. The number of H-pyrrole nitrogens is 1. The standard InChI is InChI=1S/C21H28N4O4/c1-5-13(2)17(20(26)29-4)24-21(27)25-11-10-15-18(23-12-22-15)19(25)14-8-6-7-9-16(14)28-3/h6-9,12-13,17,19H,5,10-11H2,1-4H3,(H,22,23)(H,24,27)/t13-,17+,19-/m1/s1. The lowest BCUT2D eigenvalue weighted by Crippen LogP contribution is -2.53. The summed E-state index contributed by atoms with van der Waals surface area (Å²) < 4.78 is 10.4. The van der Waals surface area contributed by atoms with Gasteiger partial charge in [-0.1, -0.05) is 38.5 Å². The Morgan fingerprint density at radius 3 is 2.79 bits per heavy atom. The van der Waals surface area contributed by atoms with Gasteiger partial charge in [0, 0.05) is 24.2 Å². The molecule has 29 heavy (non-hydrogen) atoms. The molecular weight excluding hydrogens is 372 g/mol. The van der Waals surface area contributed by atoms with Gasteiger partial charge in [0.15, 0.2) is 0 Å². The summed E-state index contributed by atoms with van der Waals surface area (Å²) in [4.78, 5) is 34.9. The van der Waals surface area contributed by atoms with E-state index in [1.165, 1.54) is 7.11 Å². The molecule has 2 N–H and O–H groups in total. The third-order valence-corrected chi connectivity index (χ3v) is 5.57. The highest BCUT2D eigenvalue weighted by Crippen LogP contribution is 2.37. The van der Waals surface area contributed by atoms with Crippen LogP contribution in [0, 0.1) is 5.92 Å². The summed E-state index contributed by atoms with van der Waals surface area (Å²) in [5, 5.41) is 2.88. The van der Waals surface area contributed by atoms with E-state index in [0.717, 1.165) is 23.4 Å². The molecule has 2 heterocycles. The summed E-state index contributed by atoms with van der Waals surface area (Å²) in [7, 11) is 2.94. The molecule has 0 radical (unpaired) electrons. The number of urea groups is 1. The SMILES string of the molecule is CC[C@@H](C)[C@H](NC(=O)N1CCc2[nH]cnc2[C@H]1c1ccccc1OC)C(=O)OC. The van der Waals surface area contributed by atoms with Crippen molar-refractivity contribution in [1.29, 1.82) is 0 Å². The van der Waals surface area contributed by atoms with Gasteiger partial charge in [0.2, 0.25) is 0 Å². The van der Waals surface area contributed by atoms with Gasteiger partial charge in [-0.05, 0) is 12.0 Å². The second-order valence-electron chi connectivity index (χ2n) is 7.19. The Balaban J connectivity index is 1.96. The zero-order chi connectivity index (χ0) is 21.0. The maximum atomic E-state index is 13.3. The van der Waals surface area contributed by atoms with Crippen molar-refractivity contribution in [3.05, 3.63) is 47.5 Å². The molecule has 2 aromatic rings. The smallest absolute Gasteiger partial charge is 0.328 e. The molecule has 3 rings (SSSR count). The molecule has 0 aliphatic carbocycles. The third kappa shape index (κ3) is 4.06. The van der Waals surface area contributed by atoms with Crippen LogP contribution in [0.1, 0.15) is 43.3 Å². The number of methoxy groups -OCH3 is 2. The Morgan fingerprint density at radius 1 is 1.34 bits per heavy atom. The molecule has 0 fully saturated rings. The minimum atomic E-state index is -0.712. The molecule has 2 amide bonds. The number of imidazole rings is 1. The first-order valence-electron chi connectivity index (χ1n) is 9.81. The van der Waals surface area contributed by atoms with Gasteiger partial charge in [-0.25, -0.2) is 14.6 Å². The van der Waals surface area contributed by atoms with Gasteiger partial charge >= 0.3 is 12.0 Å². The Bertz CT molecular complexity index is 866. The van der Waals surface area contributed by atoms with E-state index < -0.39 is 18.1 Å². The fraction of sp³-hybridized carbons (Fsp3) is 0.476. The number of aromatic nitrogens is 2. The number of carbonyl (C=O) groups is 2. The zero-order valence-corrected chi connectivity index (χ0v) is 17.3. The van der Waals surface area contributed by atoms with Gasteiger partial charge in [0.25, 0.3) is 0 Å². The molecule has 1 aromatic carbocycles. The van der Waals surface area contributed by atoms with E-state index in [1.54, 1.807) is 18.3 Å². The number of hydrogen-bond donors (Lipinski definition) is 2. The summed E-state index contributed by atoms with van der Waals surface area (Å²) in [5.41, 5.74) is 2.63. The van der Waals surface area contributed by atoms with Crippen LogP contribution in [0.25, 0.3) is 0 Å². The fourth-order valence-corrected chi connectivity index (χ4v) is 3.71. The van der Waals surface area contributed by atoms with E-state index in [2.05, 4.69) is 15.3 Å². The van der Waals surface area contributed by atoms with Gasteiger partial charge in [0.1, 0.15) is 17.8 Å². The normalized spacial score (nSPS) is 17.8. The van der Waals surface area contributed by atoms with E-state index in [4.69, 9.17) is 9.47 Å². The first-order chi connectivity index (χ1) is 14.0. The Kier molecular flexibility index (Phi) is 6.41. The van der Waals surface area contributed by atoms with Crippen LogP contribution in [0.2, 0.25) is 0 Å². The van der Waals surface area contributed by atoms with E-state index in [0.29, 0.717) is 18.7 Å². The van der Waals surface area contributed by atoms with Gasteiger partial charge in [-0.3, -0.25) is 0 Å². The Labute approximate surface area is 170 Å². The van der Waals surface area contributed by atoms with Crippen molar-refractivity contribution in [2.45, 2.75) is 38.8 Å². The van der Waals surface area contributed by atoms with Crippen molar-refractivity contribution in [2.24, 2.45) is 5.92 Å². The van der Waals surface area contributed by atoms with E-state index in [9.17, 15) is 9.59 Å². The molecule has 0 spiro atoms. The summed E-state index contributed by atoms with van der Waals surface area (Å²) in [5.74, 6) is 0.179. The molecule has 1 aliphatic heterocycles. The number of benzene rings is 1. The van der Waals surface area contributed by atoms with Gasteiger partial charge in [-0.15, -0.1) is 0 Å². The molecule has 0 saturated heterocycles. The molecule has 0 bridgehead atoms. The number of rotatable bonds is 6. The number of nitrogens with one attached hydrogen (secondary N) is 2. The van der Waals surface area contributed by atoms with Crippen LogP contribution in [0.4, 0.5) is 4.79 Å². The molecule has 1 aliphatic rings. The number of hydrogen-bond acceptors (Lipinski definition) is 5. The average molecular weight is 400 g/mol. The molecule has 3 atom stereocenters. The predicted octanol–water partition coefficient (Wildman–Crippen LogP) is 2.66. The van der Waals surface area contributed by atoms with Crippen molar-refractivity contribution in [1.82, 2.24) is 20.2 Å². The second-order valence-corrected chi connectivity index (χ2v) is 7.19. The van der Waals surface area contributed by atoms with Crippen LogP contribution in [-0.4, -0.2) is 53.7 Å². The Morgan fingerprint density at radius 2 is 2.10 bits per heavy atom. The van der Waals surface area contributed by atoms with E-state index >= 15 is 0 Å². The third-order valence-electron chi connectivity index (χ3n) is 5.57. The first kappa shape index (κ1) is 20.7. The molecule has 8 heteroatoms. The fourth-order valence-electron chi connectivity index (χ4n) is 3.71. The number of fused-ring (bicyclic) bond motifs is 1. The number of nitrogens with zero attached hydrogens (tertiary/aromatic N) is 2. The van der Waals surface area contributed by atoms with Gasteiger partial charge in [-0.2, -0.15) is 0 Å². The van der Waals surface area contributed by atoms with Crippen LogP contribution in [0.3, 0.4) is 0 Å². The average Bonchev–Trinajstić information content (AvgIpc) is 3.24.